The third-order valence-corrected chi connectivity index (χ3v) is 7.42. The van der Waals surface area contributed by atoms with E-state index in [1.807, 2.05) is 0 Å². The number of carbonyl (C=O) groups excluding carboxylic acids is 2. The Labute approximate surface area is 272 Å². The van der Waals surface area contributed by atoms with Crippen LogP contribution < -0.4 is 19.9 Å². The lowest BCUT2D eigenvalue weighted by Crippen LogP contribution is -2.32. The minimum Gasteiger partial charge on any atom is -0.482 e. The molecule has 1 unspecified atom stereocenters. The van der Waals surface area contributed by atoms with Crippen LogP contribution in [0.15, 0.2) is 78.0 Å². The van der Waals surface area contributed by atoms with Crippen molar-refractivity contribution >= 4 is 34.6 Å². The van der Waals surface area contributed by atoms with Gasteiger partial charge in [0.25, 0.3) is 0 Å². The molecule has 0 bridgehead atoms. The number of alkyl halides is 6. The molecular weight excluding hydrogens is 670 g/mol. The van der Waals surface area contributed by atoms with Crippen LogP contribution in [-0.2, 0) is 9.63 Å². The molecule has 3 amide bonds. The van der Waals surface area contributed by atoms with Crippen LogP contribution in [-0.4, -0.2) is 56.8 Å². The van der Waals surface area contributed by atoms with Crippen molar-refractivity contribution in [3.05, 3.63) is 84.2 Å². The molecule has 252 valence electrons. The number of aliphatic imine (C=N–C) groups is 1. The van der Waals surface area contributed by atoms with E-state index in [-0.39, 0.29) is 28.1 Å². The molecule has 0 aliphatic carbocycles. The highest BCUT2D eigenvalue weighted by atomic mass is 32.2. The molecule has 1 aliphatic heterocycles. The second-order valence-electron chi connectivity index (χ2n) is 10.1. The number of ether oxygens (including phenoxy) is 2. The lowest BCUT2D eigenvalue weighted by atomic mass is 10.1. The second-order valence-corrected chi connectivity index (χ2v) is 11.1. The summed E-state index contributed by atoms with van der Waals surface area (Å²) in [6, 6.07) is 15.3. The first-order valence-corrected chi connectivity index (χ1v) is 14.8. The van der Waals surface area contributed by atoms with E-state index >= 15 is 0 Å². The summed E-state index contributed by atoms with van der Waals surface area (Å²) in [5.74, 6) is -0.838. The highest BCUT2D eigenvalue weighted by Crippen LogP contribution is 2.36. The topological polar surface area (TPSA) is 120 Å². The van der Waals surface area contributed by atoms with Gasteiger partial charge in [0.05, 0.1) is 17.1 Å². The number of hydrogen-bond donors (Lipinski definition) is 1. The van der Waals surface area contributed by atoms with Crippen LogP contribution in [0.2, 0.25) is 0 Å². The van der Waals surface area contributed by atoms with Crippen molar-refractivity contribution in [2.75, 3.05) is 17.3 Å². The summed E-state index contributed by atoms with van der Waals surface area (Å²) < 4.78 is 85.8. The second kappa shape index (κ2) is 13.9. The molecule has 1 aliphatic rings. The first-order valence-electron chi connectivity index (χ1n) is 13.8. The number of rotatable bonds is 9. The Bertz CT molecular complexity index is 1810. The summed E-state index contributed by atoms with van der Waals surface area (Å²) in [5, 5.41) is 4.28. The van der Waals surface area contributed by atoms with E-state index in [9.17, 15) is 35.9 Å². The smallest absolute Gasteiger partial charge is 0.482 e. The molecule has 0 radical (unpaired) electrons. The standard InChI is InChI=1S/C30H24F6N6O5S/c1-17-3-12-24(45-15-29(31,32)33)23(13-17)42-25(43)14-48-28(42)38-27(44)40-47-18(2)19-4-6-20(7-5-19)26-37-16-41(39-26)21-8-10-22(11-9-21)46-30(34,35)36/h3-13,16,18H,14-15H2,1-2H3,(H,40,44). The fourth-order valence-corrected chi connectivity index (χ4v) is 5.16. The molecule has 1 aromatic heterocycles. The van der Waals surface area contributed by atoms with Crippen molar-refractivity contribution in [2.24, 2.45) is 4.99 Å². The van der Waals surface area contributed by atoms with Gasteiger partial charge < -0.3 is 9.47 Å². The Kier molecular flexibility index (Phi) is 9.95. The fraction of sp³-hybridized carbons (Fsp3) is 0.233. The van der Waals surface area contributed by atoms with Gasteiger partial charge in [-0.2, -0.15) is 18.2 Å². The van der Waals surface area contributed by atoms with Crippen LogP contribution in [0.3, 0.4) is 0 Å². The maximum Gasteiger partial charge on any atom is 0.573 e. The monoisotopic (exact) mass is 694 g/mol. The molecule has 4 aromatic rings. The number of thioether (sulfide) groups is 1. The third kappa shape index (κ3) is 8.82. The lowest BCUT2D eigenvalue weighted by molar-refractivity contribution is -0.274. The summed E-state index contributed by atoms with van der Waals surface area (Å²) in [5.41, 5.74) is 4.57. The minimum absolute atomic E-state index is 0.0166. The number of nitrogens with one attached hydrogen (secondary N) is 1. The maximum absolute atomic E-state index is 12.8. The summed E-state index contributed by atoms with van der Waals surface area (Å²) in [6.07, 6.45) is -8.67. The van der Waals surface area contributed by atoms with Crippen molar-refractivity contribution in [3.8, 4) is 28.6 Å². The molecule has 48 heavy (non-hydrogen) atoms. The molecule has 1 atom stereocenters. The number of nitrogens with zero attached hydrogens (tertiary/aromatic N) is 5. The number of hydroxylamine groups is 1. The van der Waals surface area contributed by atoms with E-state index in [4.69, 9.17) is 9.57 Å². The first-order chi connectivity index (χ1) is 22.6. The highest BCUT2D eigenvalue weighted by molar-refractivity contribution is 8.15. The van der Waals surface area contributed by atoms with Gasteiger partial charge in [-0.1, -0.05) is 42.1 Å². The number of carbonyl (C=O) groups is 2. The number of aromatic nitrogens is 3. The zero-order valence-electron chi connectivity index (χ0n) is 24.9. The van der Waals surface area contributed by atoms with E-state index in [0.29, 0.717) is 28.2 Å². The Morgan fingerprint density at radius 3 is 2.42 bits per heavy atom. The molecule has 0 saturated carbocycles. The molecule has 2 heterocycles. The van der Waals surface area contributed by atoms with Gasteiger partial charge in [-0.15, -0.1) is 18.3 Å². The Balaban J connectivity index is 1.20. The molecule has 1 N–H and O–H groups in total. The van der Waals surface area contributed by atoms with Crippen molar-refractivity contribution in [3.63, 3.8) is 0 Å². The minimum atomic E-state index is -4.80. The maximum atomic E-state index is 12.8. The van der Waals surface area contributed by atoms with Crippen LogP contribution in [0.5, 0.6) is 11.5 Å². The van der Waals surface area contributed by atoms with Gasteiger partial charge in [0.1, 0.15) is 23.9 Å². The zero-order chi connectivity index (χ0) is 34.6. The average molecular weight is 695 g/mol. The van der Waals surface area contributed by atoms with Crippen LogP contribution >= 0.6 is 11.8 Å². The highest BCUT2D eigenvalue weighted by Gasteiger charge is 2.35. The molecular formula is C30H24F6N6O5S. The summed E-state index contributed by atoms with van der Waals surface area (Å²) in [4.78, 5) is 39.9. The van der Waals surface area contributed by atoms with Crippen molar-refractivity contribution in [1.29, 1.82) is 0 Å². The molecule has 11 nitrogen and oxygen atoms in total. The normalized spacial score (nSPS) is 15.1. The largest absolute Gasteiger partial charge is 0.573 e. The van der Waals surface area contributed by atoms with Crippen LogP contribution in [0, 0.1) is 6.92 Å². The lowest BCUT2D eigenvalue weighted by Gasteiger charge is -2.21. The van der Waals surface area contributed by atoms with E-state index in [1.165, 1.54) is 41.3 Å². The van der Waals surface area contributed by atoms with Crippen LogP contribution in [0.4, 0.5) is 36.8 Å². The number of amides is 3. The molecule has 18 heteroatoms. The number of halogens is 6. The van der Waals surface area contributed by atoms with Gasteiger partial charge >= 0.3 is 18.6 Å². The predicted octanol–water partition coefficient (Wildman–Crippen LogP) is 6.92. The quantitative estimate of drug-likeness (QED) is 0.148. The van der Waals surface area contributed by atoms with Crippen LogP contribution in [0.25, 0.3) is 17.1 Å². The van der Waals surface area contributed by atoms with E-state index in [0.717, 1.165) is 28.8 Å². The Morgan fingerprint density at radius 1 is 1.04 bits per heavy atom. The molecule has 0 spiro atoms. The summed E-state index contributed by atoms with van der Waals surface area (Å²) >= 11 is 0.925. The molecule has 3 aromatic carbocycles. The zero-order valence-corrected chi connectivity index (χ0v) is 25.7. The van der Waals surface area contributed by atoms with E-state index < -0.39 is 37.2 Å². The van der Waals surface area contributed by atoms with E-state index in [1.54, 1.807) is 38.1 Å². The van der Waals surface area contributed by atoms with Gasteiger partial charge in [-0.3, -0.25) is 14.5 Å². The SMILES string of the molecule is Cc1ccc(OCC(F)(F)F)c(N2C(=O)CSC2=NC(=O)NOC(C)c2ccc(-c3ncn(-c4ccc(OC(F)(F)F)cc4)n3)cc2)c1. The van der Waals surface area contributed by atoms with E-state index in [2.05, 4.69) is 25.3 Å². The Hall–Kier alpha value is -5.10. The number of benzene rings is 3. The van der Waals surface area contributed by atoms with Crippen molar-refractivity contribution in [2.45, 2.75) is 32.5 Å². The Morgan fingerprint density at radius 2 is 1.75 bits per heavy atom. The third-order valence-electron chi connectivity index (χ3n) is 6.50. The van der Waals surface area contributed by atoms with Gasteiger partial charge in [0, 0.05) is 5.56 Å². The average Bonchev–Trinajstić information content (AvgIpc) is 3.65. The van der Waals surface area contributed by atoms with Gasteiger partial charge in [0.15, 0.2) is 17.6 Å². The number of hydrogen-bond acceptors (Lipinski definition) is 8. The van der Waals surface area contributed by atoms with Gasteiger partial charge in [-0.25, -0.2) is 19.9 Å². The molecule has 1 saturated heterocycles. The summed E-state index contributed by atoms with van der Waals surface area (Å²) in [6.45, 7) is 1.76. The molecule has 1 fully saturated rings. The number of urea groups is 1. The van der Waals surface area contributed by atoms with Gasteiger partial charge in [-0.05, 0) is 61.4 Å². The number of anilines is 1. The number of aryl methyl sites for hydroxylation is 1. The van der Waals surface area contributed by atoms with Crippen molar-refractivity contribution < 1.29 is 50.2 Å². The fourth-order valence-electron chi connectivity index (χ4n) is 4.31. The number of amidine groups is 1. The van der Waals surface area contributed by atoms with Crippen LogP contribution in [0.1, 0.15) is 24.2 Å². The summed E-state index contributed by atoms with van der Waals surface area (Å²) in [7, 11) is 0. The predicted molar refractivity (Wildman–Crippen MR) is 162 cm³/mol. The van der Waals surface area contributed by atoms with Gasteiger partial charge in [0.2, 0.25) is 5.91 Å². The van der Waals surface area contributed by atoms with Crippen molar-refractivity contribution in [1.82, 2.24) is 20.2 Å². The molecule has 5 rings (SSSR count). The first kappa shape index (κ1) is 34.2.